The normalized spacial score (nSPS) is 26.1. The summed E-state index contributed by atoms with van der Waals surface area (Å²) in [5.74, 6) is -0.315. The molecule has 1 amide bonds. The SMILES string of the molecule is CCCCCCCCCCCCCCCCCCCCCCCCCC(=O)N[C@@H](CO[C@H]1O[C@H](CO)[C@@H](O[C@@H]2O[C@H](CO)[C@H](O)[C@H](O)[C@H]2O)[C@H](O)[C@H]1O)[C@H](O)[C@H](O)CCCCCCCCCCCCCC. The van der Waals surface area contributed by atoms with Crippen molar-refractivity contribution in [1.29, 1.82) is 0 Å². The molecule has 0 aromatic carbocycles. The van der Waals surface area contributed by atoms with E-state index in [4.69, 9.17) is 18.9 Å². The van der Waals surface area contributed by atoms with Crippen LogP contribution in [-0.2, 0) is 23.7 Å². The molecule has 2 aliphatic rings. The van der Waals surface area contributed by atoms with Gasteiger partial charge in [-0.1, -0.05) is 232 Å². The minimum absolute atomic E-state index is 0.224. The lowest BCUT2D eigenvalue weighted by Crippen LogP contribution is -2.65. The Hall–Kier alpha value is -1.05. The van der Waals surface area contributed by atoms with E-state index in [1.807, 2.05) is 0 Å². The Kier molecular flexibility index (Phi) is 40.1. The van der Waals surface area contributed by atoms with Crippen LogP contribution >= 0.6 is 0 Å². The predicted molar refractivity (Wildman–Crippen MR) is 278 cm³/mol. The van der Waals surface area contributed by atoms with Crippen LogP contribution in [0.3, 0.4) is 0 Å². The Morgan fingerprint density at radius 2 is 0.831 bits per heavy atom. The summed E-state index contributed by atoms with van der Waals surface area (Å²) in [6.45, 7) is 2.63. The largest absolute Gasteiger partial charge is 0.394 e. The van der Waals surface area contributed by atoms with Crippen LogP contribution in [0.25, 0.3) is 0 Å². The highest BCUT2D eigenvalue weighted by Gasteiger charge is 2.51. The van der Waals surface area contributed by atoms with E-state index in [0.717, 1.165) is 38.5 Å². The molecule has 0 saturated carbocycles. The summed E-state index contributed by atoms with van der Waals surface area (Å²) in [5, 5.41) is 98.1. The van der Waals surface area contributed by atoms with Crippen molar-refractivity contribution < 1.29 is 69.7 Å². The molecule has 2 fully saturated rings. The fraction of sp³-hybridized carbons (Fsp3) is 0.982. The molecule has 0 bridgehead atoms. The van der Waals surface area contributed by atoms with Crippen molar-refractivity contribution in [3.05, 3.63) is 0 Å². The zero-order valence-electron chi connectivity index (χ0n) is 44.9. The van der Waals surface area contributed by atoms with E-state index in [0.29, 0.717) is 19.3 Å². The number of amides is 1. The van der Waals surface area contributed by atoms with E-state index in [1.54, 1.807) is 0 Å². The van der Waals surface area contributed by atoms with Crippen molar-refractivity contribution in [1.82, 2.24) is 5.32 Å². The fourth-order valence-electron chi connectivity index (χ4n) is 10.1. The Bertz CT molecular complexity index is 1220. The van der Waals surface area contributed by atoms with Gasteiger partial charge in [-0.2, -0.15) is 0 Å². The van der Waals surface area contributed by atoms with Crippen LogP contribution in [0.4, 0.5) is 0 Å². The summed E-state index contributed by atoms with van der Waals surface area (Å²) in [7, 11) is 0. The van der Waals surface area contributed by atoms with Crippen LogP contribution in [0.2, 0.25) is 0 Å². The van der Waals surface area contributed by atoms with Gasteiger partial charge in [-0.05, 0) is 12.8 Å². The second-order valence-corrected chi connectivity index (χ2v) is 21.3. The number of hydrogen-bond donors (Lipinski definition) is 10. The third kappa shape index (κ3) is 29.2. The molecule has 0 unspecified atom stereocenters. The van der Waals surface area contributed by atoms with Crippen molar-refractivity contribution >= 4 is 5.91 Å². The van der Waals surface area contributed by atoms with Crippen molar-refractivity contribution in [2.24, 2.45) is 0 Å². The van der Waals surface area contributed by atoms with Gasteiger partial charge < -0.3 is 70.2 Å². The summed E-state index contributed by atoms with van der Waals surface area (Å²) in [5.41, 5.74) is 0. The lowest BCUT2D eigenvalue weighted by atomic mass is 9.97. The van der Waals surface area contributed by atoms with Gasteiger partial charge in [0.1, 0.15) is 54.9 Å². The van der Waals surface area contributed by atoms with Crippen LogP contribution in [0.5, 0.6) is 0 Å². The van der Waals surface area contributed by atoms with Gasteiger partial charge in [-0.3, -0.25) is 4.79 Å². The fourth-order valence-corrected chi connectivity index (χ4v) is 10.1. The van der Waals surface area contributed by atoms with E-state index in [2.05, 4.69) is 19.2 Å². The Labute approximate surface area is 430 Å². The van der Waals surface area contributed by atoms with Gasteiger partial charge >= 0.3 is 0 Å². The van der Waals surface area contributed by atoms with Crippen molar-refractivity contribution in [2.75, 3.05) is 19.8 Å². The maximum atomic E-state index is 13.3. The number of hydrogen-bond acceptors (Lipinski definition) is 14. The highest BCUT2D eigenvalue weighted by Crippen LogP contribution is 2.30. The highest BCUT2D eigenvalue weighted by atomic mass is 16.7. The number of aliphatic hydroxyl groups is 9. The molecule has 10 N–H and O–H groups in total. The van der Waals surface area contributed by atoms with Crippen molar-refractivity contribution in [2.45, 2.75) is 331 Å². The lowest BCUT2D eigenvalue weighted by molar-refractivity contribution is -0.359. The van der Waals surface area contributed by atoms with Gasteiger partial charge in [0.05, 0.1) is 32.0 Å². The molecule has 13 atom stereocenters. The minimum atomic E-state index is -1.80. The minimum Gasteiger partial charge on any atom is -0.394 e. The second-order valence-electron chi connectivity index (χ2n) is 21.3. The molecule has 0 aliphatic carbocycles. The molecule has 15 nitrogen and oxygen atoms in total. The maximum Gasteiger partial charge on any atom is 0.220 e. The van der Waals surface area contributed by atoms with Gasteiger partial charge in [0, 0.05) is 6.42 Å². The standard InChI is InChI=1S/C56H109NO14/c1-3-5-7-9-11-13-15-17-18-19-20-21-22-23-24-25-26-27-29-31-33-35-37-39-47(61)57-43(48(62)44(60)38-36-34-32-30-28-16-14-12-10-8-6-4-2)42-68-55-53(67)51(65)54(46(41-59)70-55)71-56-52(66)50(64)49(63)45(40-58)69-56/h43-46,48-56,58-60,62-67H,3-42H2,1-2H3,(H,57,61)/t43-,44+,45+,46+,48-,49-,50-,51+,52+,53+,54+,55-,56-/m0/s1. The molecule has 2 heterocycles. The van der Waals surface area contributed by atoms with Crippen LogP contribution < -0.4 is 5.32 Å². The number of ether oxygens (including phenoxy) is 4. The number of carbonyl (C=O) groups is 1. The number of aliphatic hydroxyl groups excluding tert-OH is 9. The first-order valence-corrected chi connectivity index (χ1v) is 29.4. The summed E-state index contributed by atoms with van der Waals surface area (Å²) in [6.07, 6.45) is 25.2. The monoisotopic (exact) mass is 1020 g/mol. The van der Waals surface area contributed by atoms with E-state index >= 15 is 0 Å². The zero-order chi connectivity index (χ0) is 51.9. The average molecular weight is 1020 g/mol. The van der Waals surface area contributed by atoms with Gasteiger partial charge in [0.2, 0.25) is 5.91 Å². The van der Waals surface area contributed by atoms with Crippen LogP contribution in [-0.4, -0.2) is 151 Å². The van der Waals surface area contributed by atoms with Gasteiger partial charge in [0.15, 0.2) is 12.6 Å². The molecular formula is C56H109NO14. The quantitative estimate of drug-likeness (QED) is 0.0258. The zero-order valence-corrected chi connectivity index (χ0v) is 44.9. The Morgan fingerprint density at radius 3 is 1.24 bits per heavy atom. The summed E-state index contributed by atoms with van der Waals surface area (Å²) in [4.78, 5) is 13.3. The third-order valence-electron chi connectivity index (χ3n) is 14.9. The van der Waals surface area contributed by atoms with Crippen LogP contribution in [0.15, 0.2) is 0 Å². The first kappa shape index (κ1) is 66.1. The number of nitrogens with one attached hydrogen (secondary N) is 1. The summed E-state index contributed by atoms with van der Waals surface area (Å²) < 4.78 is 22.7. The number of unbranched alkanes of at least 4 members (excludes halogenated alkanes) is 33. The summed E-state index contributed by atoms with van der Waals surface area (Å²) >= 11 is 0. The lowest BCUT2D eigenvalue weighted by Gasteiger charge is -2.46. The molecule has 0 aromatic heterocycles. The molecule has 2 rings (SSSR count). The predicted octanol–water partition coefficient (Wildman–Crippen LogP) is 8.31. The average Bonchev–Trinajstić information content (AvgIpc) is 3.37. The van der Waals surface area contributed by atoms with Crippen molar-refractivity contribution in [3.8, 4) is 0 Å². The maximum absolute atomic E-state index is 13.3. The van der Waals surface area contributed by atoms with E-state index < -0.39 is 99.5 Å². The van der Waals surface area contributed by atoms with E-state index in [-0.39, 0.29) is 12.3 Å². The highest BCUT2D eigenvalue weighted by molar-refractivity contribution is 5.76. The molecule has 422 valence electrons. The molecule has 0 spiro atoms. The first-order chi connectivity index (χ1) is 34.5. The first-order valence-electron chi connectivity index (χ1n) is 29.4. The van der Waals surface area contributed by atoms with Crippen molar-refractivity contribution in [3.63, 3.8) is 0 Å². The molecule has 71 heavy (non-hydrogen) atoms. The van der Waals surface area contributed by atoms with Crippen LogP contribution in [0, 0.1) is 0 Å². The van der Waals surface area contributed by atoms with Gasteiger partial charge in [-0.25, -0.2) is 0 Å². The molecule has 15 heteroatoms. The molecule has 0 radical (unpaired) electrons. The van der Waals surface area contributed by atoms with E-state index in [9.17, 15) is 50.8 Å². The smallest absolute Gasteiger partial charge is 0.220 e. The Balaban J connectivity index is 1.76. The number of rotatable bonds is 47. The van der Waals surface area contributed by atoms with Crippen LogP contribution in [0.1, 0.15) is 251 Å². The molecular weight excluding hydrogens is 911 g/mol. The molecule has 0 aromatic rings. The van der Waals surface area contributed by atoms with E-state index in [1.165, 1.54) is 173 Å². The third-order valence-corrected chi connectivity index (χ3v) is 14.9. The topological polar surface area (TPSA) is 248 Å². The molecule has 2 saturated heterocycles. The second kappa shape index (κ2) is 43.1. The number of carbonyl (C=O) groups excluding carboxylic acids is 1. The summed E-state index contributed by atoms with van der Waals surface area (Å²) in [6, 6.07) is -1.09. The molecule has 2 aliphatic heterocycles. The van der Waals surface area contributed by atoms with Gasteiger partial charge in [0.25, 0.3) is 0 Å². The van der Waals surface area contributed by atoms with Gasteiger partial charge in [-0.15, -0.1) is 0 Å². The Morgan fingerprint density at radius 1 is 0.465 bits per heavy atom.